The molecule has 0 bridgehead atoms. The molecule has 0 heterocycles. The van der Waals surface area contributed by atoms with Gasteiger partial charge in [-0.05, 0) is 51.4 Å². The van der Waals surface area contributed by atoms with Gasteiger partial charge in [0.25, 0.3) is 0 Å². The van der Waals surface area contributed by atoms with E-state index in [1.54, 1.807) is 30.3 Å². The summed E-state index contributed by atoms with van der Waals surface area (Å²) in [5, 5.41) is 0. The van der Waals surface area contributed by atoms with Crippen molar-refractivity contribution in [3.05, 3.63) is 59.9 Å². The van der Waals surface area contributed by atoms with Crippen LogP contribution in [0, 0.1) is 5.82 Å². The van der Waals surface area contributed by atoms with Crippen molar-refractivity contribution in [2.45, 2.75) is 18.4 Å². The van der Waals surface area contributed by atoms with Crippen molar-refractivity contribution < 1.29 is 22.3 Å². The van der Waals surface area contributed by atoms with Crippen LogP contribution in [-0.2, 0) is 21.3 Å². The van der Waals surface area contributed by atoms with Gasteiger partial charge < -0.3 is 14.4 Å². The summed E-state index contributed by atoms with van der Waals surface area (Å²) in [5.74, 6) is 0.146. The molecule has 0 amide bonds. The Kier molecular flexibility index (Phi) is 9.03. The van der Waals surface area contributed by atoms with Crippen LogP contribution in [0.2, 0.25) is 0 Å². The van der Waals surface area contributed by atoms with Gasteiger partial charge >= 0.3 is 0 Å². The summed E-state index contributed by atoms with van der Waals surface area (Å²) in [5.41, 5.74) is 0.339. The molecule has 0 radical (unpaired) electrons. The number of ether oxygens (including phenoxy) is 2. The Balaban J connectivity index is 2.18. The van der Waals surface area contributed by atoms with E-state index >= 15 is 0 Å². The van der Waals surface area contributed by atoms with E-state index in [-0.39, 0.29) is 18.0 Å². The van der Waals surface area contributed by atoms with E-state index in [2.05, 4.69) is 0 Å². The van der Waals surface area contributed by atoms with Crippen molar-refractivity contribution in [2.24, 2.45) is 0 Å². The lowest BCUT2D eigenvalue weighted by molar-refractivity contribution is 0.110. The first-order valence-corrected chi connectivity index (χ1v) is 11.0. The zero-order chi connectivity index (χ0) is 21.3. The highest BCUT2D eigenvalue weighted by Crippen LogP contribution is 2.22. The highest BCUT2D eigenvalue weighted by Gasteiger charge is 2.25. The SMILES string of the molecule is CCOCCOc1ccc(S(=O)(=O)N(CCN(C)C)Cc2ccccc2F)cc1. The second-order valence-electron chi connectivity index (χ2n) is 6.75. The molecule has 0 aliphatic carbocycles. The summed E-state index contributed by atoms with van der Waals surface area (Å²) in [6, 6.07) is 12.5. The number of benzene rings is 2. The second kappa shape index (κ2) is 11.3. The predicted octanol–water partition coefficient (Wildman–Crippen LogP) is 2.99. The molecule has 0 saturated carbocycles. The molecule has 2 aromatic carbocycles. The average Bonchev–Trinajstić information content (AvgIpc) is 2.70. The molecule has 0 spiro atoms. The van der Waals surface area contributed by atoms with E-state index in [9.17, 15) is 12.8 Å². The third kappa shape index (κ3) is 7.08. The van der Waals surface area contributed by atoms with Crippen LogP contribution in [0.15, 0.2) is 53.4 Å². The minimum Gasteiger partial charge on any atom is -0.491 e. The monoisotopic (exact) mass is 424 g/mol. The Morgan fingerprint density at radius 2 is 1.66 bits per heavy atom. The summed E-state index contributed by atoms with van der Waals surface area (Å²) >= 11 is 0. The molecule has 0 aromatic heterocycles. The number of nitrogens with zero attached hydrogens (tertiary/aromatic N) is 2. The van der Waals surface area contributed by atoms with Gasteiger partial charge in [0.1, 0.15) is 18.2 Å². The number of rotatable bonds is 12. The molecule has 0 unspecified atom stereocenters. The van der Waals surface area contributed by atoms with Gasteiger partial charge in [0, 0.05) is 31.8 Å². The van der Waals surface area contributed by atoms with Gasteiger partial charge in [-0.3, -0.25) is 0 Å². The molecule has 0 aliphatic rings. The molecule has 0 saturated heterocycles. The van der Waals surface area contributed by atoms with E-state index < -0.39 is 15.8 Å². The fourth-order valence-corrected chi connectivity index (χ4v) is 4.04. The van der Waals surface area contributed by atoms with Crippen molar-refractivity contribution >= 4 is 10.0 Å². The molecular formula is C21H29FN2O4S. The molecule has 160 valence electrons. The van der Waals surface area contributed by atoms with Crippen LogP contribution in [0.4, 0.5) is 4.39 Å². The second-order valence-corrected chi connectivity index (χ2v) is 8.69. The molecule has 6 nitrogen and oxygen atoms in total. The number of hydrogen-bond donors (Lipinski definition) is 0. The van der Waals surface area contributed by atoms with Crippen LogP contribution in [0.25, 0.3) is 0 Å². The maximum absolute atomic E-state index is 14.1. The smallest absolute Gasteiger partial charge is 0.243 e. The van der Waals surface area contributed by atoms with Gasteiger partial charge in [0.2, 0.25) is 10.0 Å². The maximum Gasteiger partial charge on any atom is 0.243 e. The van der Waals surface area contributed by atoms with E-state index in [0.29, 0.717) is 37.7 Å². The van der Waals surface area contributed by atoms with Crippen molar-refractivity contribution in [3.63, 3.8) is 0 Å². The summed E-state index contributed by atoms with van der Waals surface area (Å²) in [7, 11) is -0.0711. The first-order valence-electron chi connectivity index (χ1n) is 9.53. The first-order chi connectivity index (χ1) is 13.8. The summed E-state index contributed by atoms with van der Waals surface area (Å²) in [6.45, 7) is 4.12. The molecule has 0 atom stereocenters. The Bertz CT molecular complexity index is 857. The van der Waals surface area contributed by atoms with Crippen LogP contribution < -0.4 is 4.74 Å². The third-order valence-corrected chi connectivity index (χ3v) is 6.12. The molecule has 0 N–H and O–H groups in total. The number of likely N-dealkylation sites (N-methyl/N-ethyl adjacent to an activating group) is 1. The number of sulfonamides is 1. The summed E-state index contributed by atoms with van der Waals surface area (Å²) in [6.07, 6.45) is 0. The fraction of sp³-hybridized carbons (Fsp3) is 0.429. The molecule has 29 heavy (non-hydrogen) atoms. The van der Waals surface area contributed by atoms with Crippen molar-refractivity contribution in [1.82, 2.24) is 9.21 Å². The Morgan fingerprint density at radius 1 is 0.966 bits per heavy atom. The zero-order valence-corrected chi connectivity index (χ0v) is 18.0. The van der Waals surface area contributed by atoms with Gasteiger partial charge in [-0.15, -0.1) is 0 Å². The topological polar surface area (TPSA) is 59.1 Å². The molecule has 0 aliphatic heterocycles. The van der Waals surface area contributed by atoms with Crippen molar-refractivity contribution in [3.8, 4) is 5.75 Å². The third-order valence-electron chi connectivity index (χ3n) is 4.26. The molecule has 2 aromatic rings. The van der Waals surface area contributed by atoms with Crippen molar-refractivity contribution in [1.29, 1.82) is 0 Å². The lowest BCUT2D eigenvalue weighted by Crippen LogP contribution is -2.36. The molecular weight excluding hydrogens is 395 g/mol. The van der Waals surface area contributed by atoms with Gasteiger partial charge in [-0.25, -0.2) is 12.8 Å². The minimum atomic E-state index is -3.80. The first kappa shape index (κ1) is 23.3. The molecule has 8 heteroatoms. The van der Waals surface area contributed by atoms with Gasteiger partial charge in [-0.1, -0.05) is 18.2 Å². The zero-order valence-electron chi connectivity index (χ0n) is 17.2. The van der Waals surface area contributed by atoms with Gasteiger partial charge in [-0.2, -0.15) is 4.31 Å². The Hall–Kier alpha value is -2.00. The lowest BCUT2D eigenvalue weighted by Gasteiger charge is -2.24. The highest BCUT2D eigenvalue weighted by atomic mass is 32.2. The molecule has 2 rings (SSSR count). The fourth-order valence-electron chi connectivity index (χ4n) is 2.63. The minimum absolute atomic E-state index is 0.0323. The van der Waals surface area contributed by atoms with Crippen LogP contribution in [0.1, 0.15) is 12.5 Å². The van der Waals surface area contributed by atoms with Gasteiger partial charge in [0.15, 0.2) is 0 Å². The van der Waals surface area contributed by atoms with E-state index in [1.165, 1.54) is 22.5 Å². The number of hydrogen-bond acceptors (Lipinski definition) is 5. The Morgan fingerprint density at radius 3 is 2.28 bits per heavy atom. The normalized spacial score (nSPS) is 11.9. The standard InChI is InChI=1S/C21H29FN2O4S/c1-4-27-15-16-28-19-9-11-20(12-10-19)29(25,26)24(14-13-23(2)3)17-18-7-5-6-8-21(18)22/h5-12H,4,13-17H2,1-3H3. The van der Waals surface area contributed by atoms with Crippen LogP contribution in [-0.4, -0.2) is 64.6 Å². The largest absolute Gasteiger partial charge is 0.491 e. The van der Waals surface area contributed by atoms with E-state index in [0.717, 1.165) is 0 Å². The predicted molar refractivity (Wildman–Crippen MR) is 111 cm³/mol. The summed E-state index contributed by atoms with van der Waals surface area (Å²) in [4.78, 5) is 2.03. The molecule has 0 fully saturated rings. The Labute approximate surface area is 172 Å². The van der Waals surface area contributed by atoms with Crippen LogP contribution in [0.3, 0.4) is 0 Å². The quantitative estimate of drug-likeness (QED) is 0.490. The highest BCUT2D eigenvalue weighted by molar-refractivity contribution is 7.89. The lowest BCUT2D eigenvalue weighted by atomic mass is 10.2. The van der Waals surface area contributed by atoms with Crippen LogP contribution in [0.5, 0.6) is 5.75 Å². The summed E-state index contributed by atoms with van der Waals surface area (Å²) < 4.78 is 52.6. The van der Waals surface area contributed by atoms with E-state index in [1.807, 2.05) is 25.9 Å². The van der Waals surface area contributed by atoms with Gasteiger partial charge in [0.05, 0.1) is 11.5 Å². The van der Waals surface area contributed by atoms with Crippen molar-refractivity contribution in [2.75, 3.05) is 47.0 Å². The van der Waals surface area contributed by atoms with Crippen LogP contribution >= 0.6 is 0 Å². The average molecular weight is 425 g/mol. The van der Waals surface area contributed by atoms with E-state index in [4.69, 9.17) is 9.47 Å². The maximum atomic E-state index is 14.1. The number of halogens is 1.